The molecular weight excluding hydrogens is 575 g/mol. The molecule has 0 fully saturated rings. The van der Waals surface area contributed by atoms with E-state index in [0.29, 0.717) is 0 Å². The van der Waals surface area contributed by atoms with Crippen LogP contribution in [0.5, 0.6) is 0 Å². The second kappa shape index (κ2) is 17.1. The first-order valence-electron chi connectivity index (χ1n) is 4.27. The van der Waals surface area contributed by atoms with E-state index >= 15 is 0 Å². The van der Waals surface area contributed by atoms with E-state index in [9.17, 15) is 0 Å². The van der Waals surface area contributed by atoms with Gasteiger partial charge in [0.2, 0.25) is 0 Å². The summed E-state index contributed by atoms with van der Waals surface area (Å²) in [5, 5.41) is 0. The van der Waals surface area contributed by atoms with Gasteiger partial charge in [-0.1, -0.05) is 0 Å². The summed E-state index contributed by atoms with van der Waals surface area (Å²) in [4.78, 5) is 21.6. The zero-order valence-corrected chi connectivity index (χ0v) is 17.8. The van der Waals surface area contributed by atoms with Crippen LogP contribution in [0, 0.1) is 0 Å². The average Bonchev–Trinajstić information content (AvgIpc) is 1.94. The predicted octanol–water partition coefficient (Wildman–Crippen LogP) is -4.19. The van der Waals surface area contributed by atoms with Crippen LogP contribution in [-0.4, -0.2) is 102 Å². The molecule has 0 aliphatic heterocycles. The molecule has 0 rings (SSSR count). The van der Waals surface area contributed by atoms with Gasteiger partial charge in [-0.05, 0) is 0 Å². The van der Waals surface area contributed by atoms with Crippen molar-refractivity contribution in [2.45, 2.75) is 0 Å². The van der Waals surface area contributed by atoms with E-state index in [-0.39, 0.29) is 0 Å². The van der Waals surface area contributed by atoms with Gasteiger partial charge in [-0.25, -0.2) is 4.57 Å². The van der Waals surface area contributed by atoms with Gasteiger partial charge in [-0.15, -0.1) is 0 Å². The van der Waals surface area contributed by atoms with Crippen LogP contribution in [0.15, 0.2) is 0 Å². The van der Waals surface area contributed by atoms with Crippen molar-refractivity contribution >= 4 is 59.8 Å². The summed E-state index contributed by atoms with van der Waals surface area (Å²) in [7, 11) is -28.0. The molecule has 0 atom stereocenters. The molecule has 0 bridgehead atoms. The molecule has 24 nitrogen and oxygen atoms in total. The average molecular weight is 588 g/mol. The molecule has 0 aliphatic rings. The van der Waals surface area contributed by atoms with Gasteiger partial charge in [-0.3, -0.25) is 45.5 Å². The third kappa shape index (κ3) is 65900. The Balaban J connectivity index is -0.0000000576. The third-order valence-electron chi connectivity index (χ3n) is 0. The van der Waals surface area contributed by atoms with Crippen LogP contribution in [0.25, 0.3) is 0 Å². The van der Waals surface area contributed by atoms with Crippen molar-refractivity contribution in [3.63, 3.8) is 0 Å². The lowest BCUT2D eigenvalue weighted by atomic mass is 15.8. The Kier molecular flexibility index (Phi) is 24.7. The van der Waals surface area contributed by atoms with E-state index in [1.54, 1.807) is 0 Å². The number of hydrogen-bond acceptors (Lipinski definition) is 11. The lowest BCUT2D eigenvalue weighted by molar-refractivity contribution is 0.275. The van der Waals surface area contributed by atoms with Gasteiger partial charge in [0.15, 0.2) is 0 Å². The van der Waals surface area contributed by atoms with Crippen LogP contribution >= 0.6 is 7.82 Å². The molecule has 13 N–H and O–H groups in total. The van der Waals surface area contributed by atoms with Gasteiger partial charge in [0, 0.05) is 0 Å². The van der Waals surface area contributed by atoms with Crippen molar-refractivity contribution in [3.05, 3.63) is 0 Å². The fourth-order valence-corrected chi connectivity index (χ4v) is 0. The minimum atomic E-state index is -4.67. The Morgan fingerprint density at radius 3 is 0.333 bits per heavy atom. The zero-order valence-electron chi connectivity index (χ0n) is 12.8. The monoisotopic (exact) mass is 588 g/mol. The molecule has 0 amide bonds. The summed E-state index contributed by atoms with van der Waals surface area (Å²) in [6, 6.07) is 0. The summed E-state index contributed by atoms with van der Waals surface area (Å²) in [5.74, 6) is 0. The SMILES string of the molecule is O=P(O)(O)O.O=S(=O)(O)O.O=S(=O)(O)O.O=S(=O)(O)O.O=S(=O)(O)O.O=S(=O)(O)O. The topological polar surface area (TPSA) is 451 Å². The highest BCUT2D eigenvalue weighted by atomic mass is 32.3. The van der Waals surface area contributed by atoms with Crippen molar-refractivity contribution < 1.29 is 107 Å². The van der Waals surface area contributed by atoms with E-state index in [1.807, 2.05) is 0 Å². The maximum Gasteiger partial charge on any atom is 0.466 e. The Bertz CT molecular complexity index is 751. The summed E-state index contributed by atoms with van der Waals surface area (Å²) < 4.78 is 167. The highest BCUT2D eigenvalue weighted by Crippen LogP contribution is 2.25. The Morgan fingerprint density at radius 1 is 0.333 bits per heavy atom. The van der Waals surface area contributed by atoms with Crippen LogP contribution in [0.4, 0.5) is 0 Å². The number of hydrogen-bond donors (Lipinski definition) is 13. The first-order valence-corrected chi connectivity index (χ1v) is 12.8. The van der Waals surface area contributed by atoms with Crippen LogP contribution in [0.2, 0.25) is 0 Å². The fraction of sp³-hybridized carbons (Fsp3) is 0. The molecule has 30 heavy (non-hydrogen) atoms. The summed E-state index contributed by atoms with van der Waals surface area (Å²) in [6.45, 7) is 0. The number of phosphoric acid groups is 1. The van der Waals surface area contributed by atoms with Crippen molar-refractivity contribution in [3.8, 4) is 0 Å². The molecule has 0 radical (unpaired) electrons. The van der Waals surface area contributed by atoms with Gasteiger partial charge < -0.3 is 14.7 Å². The maximum atomic E-state index is 8.88. The normalized spacial score (nSPS) is 11.6. The maximum absolute atomic E-state index is 8.88. The third-order valence-corrected chi connectivity index (χ3v) is 0. The molecule has 30 heteroatoms. The molecular formula is H13O24PS5. The molecule has 0 saturated carbocycles. The quantitative estimate of drug-likeness (QED) is 0.0941. The van der Waals surface area contributed by atoms with E-state index in [1.165, 1.54) is 0 Å². The van der Waals surface area contributed by atoms with E-state index < -0.39 is 59.8 Å². The molecule has 0 saturated heterocycles. The van der Waals surface area contributed by atoms with Crippen LogP contribution < -0.4 is 0 Å². The van der Waals surface area contributed by atoms with Gasteiger partial charge in [0.25, 0.3) is 0 Å². The van der Waals surface area contributed by atoms with Gasteiger partial charge in [0.05, 0.1) is 0 Å². The van der Waals surface area contributed by atoms with E-state index in [4.69, 9.17) is 107 Å². The number of rotatable bonds is 0. The first kappa shape index (κ1) is 43.4. The molecule has 0 heterocycles. The smallest absolute Gasteiger partial charge is 0.303 e. The molecule has 0 aliphatic carbocycles. The van der Waals surface area contributed by atoms with Crippen LogP contribution in [0.1, 0.15) is 0 Å². The van der Waals surface area contributed by atoms with Gasteiger partial charge in [0.1, 0.15) is 0 Å². The van der Waals surface area contributed by atoms with Crippen LogP contribution in [-0.2, 0) is 56.6 Å². The second-order valence-corrected chi connectivity index (χ2v) is 8.26. The Labute approximate surface area is 166 Å². The van der Waals surface area contributed by atoms with Crippen LogP contribution in [0.3, 0.4) is 0 Å². The minimum Gasteiger partial charge on any atom is -0.303 e. The van der Waals surface area contributed by atoms with Crippen molar-refractivity contribution in [1.82, 2.24) is 0 Å². The molecule has 192 valence electrons. The molecule has 0 spiro atoms. The van der Waals surface area contributed by atoms with Gasteiger partial charge in [-0.2, -0.15) is 42.1 Å². The second-order valence-electron chi connectivity index (χ2n) is 2.75. The highest BCUT2D eigenvalue weighted by Gasteiger charge is 2.00. The Hall–Kier alpha value is -0.540. The molecule has 0 aromatic carbocycles. The molecule has 0 unspecified atom stereocenters. The molecule has 0 aromatic heterocycles. The zero-order chi connectivity index (χ0) is 27.0. The summed E-state index contributed by atoms with van der Waals surface area (Å²) >= 11 is 0. The first-order chi connectivity index (χ1) is 12.0. The Morgan fingerprint density at radius 2 is 0.333 bits per heavy atom. The standard InChI is InChI=1S/H3O4P.5H2O4S/c6*1-5(2,3)4/h(H3,1,2,3,4);5*(H2,1,2,3,4). The predicted molar refractivity (Wildman–Crippen MR) is 85.1 cm³/mol. The van der Waals surface area contributed by atoms with E-state index in [0.717, 1.165) is 0 Å². The fourth-order valence-electron chi connectivity index (χ4n) is 0. The van der Waals surface area contributed by atoms with Gasteiger partial charge >= 0.3 is 59.8 Å². The van der Waals surface area contributed by atoms with E-state index in [2.05, 4.69) is 0 Å². The van der Waals surface area contributed by atoms with Crippen molar-refractivity contribution in [1.29, 1.82) is 0 Å². The van der Waals surface area contributed by atoms with Crippen molar-refractivity contribution in [2.24, 2.45) is 0 Å². The largest absolute Gasteiger partial charge is 0.466 e. The summed E-state index contributed by atoms with van der Waals surface area (Å²) in [5.41, 5.74) is 0. The lowest BCUT2D eigenvalue weighted by Crippen LogP contribution is -1.89. The lowest BCUT2D eigenvalue weighted by Gasteiger charge is -1.82. The molecule has 0 aromatic rings. The summed E-state index contributed by atoms with van der Waals surface area (Å²) in [6.07, 6.45) is 0. The minimum absolute atomic E-state index is 4.64. The highest BCUT2D eigenvalue weighted by molar-refractivity contribution is 7.80. The van der Waals surface area contributed by atoms with Crippen molar-refractivity contribution in [2.75, 3.05) is 0 Å².